The van der Waals surface area contributed by atoms with Crippen LogP contribution in [-0.2, 0) is 0 Å². The molecule has 0 N–H and O–H groups in total. The standard InChI is InChI=1S/C14H10N4O/c1-2-4-11(5-3-1)6-7-13-17-18-14(19-13)12-10-15-8-9-16-12/h1-10H. The van der Waals surface area contributed by atoms with Gasteiger partial charge in [0.2, 0.25) is 5.89 Å². The van der Waals surface area contributed by atoms with Gasteiger partial charge in [0.05, 0.1) is 6.20 Å². The van der Waals surface area contributed by atoms with Crippen LogP contribution in [0.4, 0.5) is 0 Å². The topological polar surface area (TPSA) is 64.7 Å². The third kappa shape index (κ3) is 2.71. The maximum absolute atomic E-state index is 5.48. The molecule has 0 amide bonds. The van der Waals surface area contributed by atoms with Crippen molar-refractivity contribution in [1.82, 2.24) is 20.2 Å². The quantitative estimate of drug-likeness (QED) is 0.715. The van der Waals surface area contributed by atoms with Crippen molar-refractivity contribution >= 4 is 12.2 Å². The molecule has 92 valence electrons. The Morgan fingerprint density at radius 3 is 2.63 bits per heavy atom. The Morgan fingerprint density at radius 1 is 0.947 bits per heavy atom. The molecule has 0 fully saturated rings. The third-order valence-electron chi connectivity index (χ3n) is 2.44. The molecule has 0 radical (unpaired) electrons. The van der Waals surface area contributed by atoms with Gasteiger partial charge in [0.25, 0.3) is 5.89 Å². The van der Waals surface area contributed by atoms with Gasteiger partial charge in [-0.15, -0.1) is 10.2 Å². The molecule has 0 saturated heterocycles. The second-order valence-electron chi connectivity index (χ2n) is 3.78. The number of benzene rings is 1. The minimum atomic E-state index is 0.362. The molecule has 0 spiro atoms. The van der Waals surface area contributed by atoms with E-state index in [1.54, 1.807) is 24.7 Å². The van der Waals surface area contributed by atoms with Crippen LogP contribution in [0.2, 0.25) is 0 Å². The van der Waals surface area contributed by atoms with E-state index in [1.165, 1.54) is 0 Å². The van der Waals surface area contributed by atoms with Crippen LogP contribution in [0.5, 0.6) is 0 Å². The number of nitrogens with zero attached hydrogens (tertiary/aromatic N) is 4. The molecule has 2 heterocycles. The molecule has 1 aromatic carbocycles. The molecular weight excluding hydrogens is 240 g/mol. The van der Waals surface area contributed by atoms with Gasteiger partial charge in [-0.1, -0.05) is 30.3 Å². The van der Waals surface area contributed by atoms with Crippen LogP contribution < -0.4 is 0 Å². The van der Waals surface area contributed by atoms with E-state index in [0.29, 0.717) is 17.5 Å². The molecule has 3 rings (SSSR count). The van der Waals surface area contributed by atoms with Crippen molar-refractivity contribution in [3.63, 3.8) is 0 Å². The van der Waals surface area contributed by atoms with E-state index in [0.717, 1.165) is 5.56 Å². The number of hydrogen-bond donors (Lipinski definition) is 0. The second-order valence-corrected chi connectivity index (χ2v) is 3.78. The normalized spacial score (nSPS) is 10.9. The first-order chi connectivity index (χ1) is 9.42. The van der Waals surface area contributed by atoms with Crippen molar-refractivity contribution < 1.29 is 4.42 Å². The van der Waals surface area contributed by atoms with Gasteiger partial charge >= 0.3 is 0 Å². The third-order valence-corrected chi connectivity index (χ3v) is 2.44. The van der Waals surface area contributed by atoms with E-state index in [2.05, 4.69) is 20.2 Å². The summed E-state index contributed by atoms with van der Waals surface area (Å²) in [7, 11) is 0. The molecule has 19 heavy (non-hydrogen) atoms. The van der Waals surface area contributed by atoms with Crippen LogP contribution >= 0.6 is 0 Å². The van der Waals surface area contributed by atoms with Crippen LogP contribution in [0.3, 0.4) is 0 Å². The van der Waals surface area contributed by atoms with E-state index in [9.17, 15) is 0 Å². The highest BCUT2D eigenvalue weighted by Gasteiger charge is 2.07. The zero-order valence-electron chi connectivity index (χ0n) is 9.97. The molecule has 0 bridgehead atoms. The molecule has 0 saturated carbocycles. The average Bonchev–Trinajstić information content (AvgIpc) is 2.96. The van der Waals surface area contributed by atoms with Crippen molar-refractivity contribution in [3.05, 3.63) is 60.4 Å². The van der Waals surface area contributed by atoms with Gasteiger partial charge in [0.15, 0.2) is 0 Å². The fourth-order valence-corrected chi connectivity index (χ4v) is 1.55. The van der Waals surface area contributed by atoms with Crippen molar-refractivity contribution in [2.24, 2.45) is 0 Å². The van der Waals surface area contributed by atoms with E-state index in [4.69, 9.17) is 4.42 Å². The minimum absolute atomic E-state index is 0.362. The summed E-state index contributed by atoms with van der Waals surface area (Å²) in [5.74, 6) is 0.797. The van der Waals surface area contributed by atoms with Crippen molar-refractivity contribution in [1.29, 1.82) is 0 Å². The number of aromatic nitrogens is 4. The lowest BCUT2D eigenvalue weighted by Crippen LogP contribution is -1.83. The van der Waals surface area contributed by atoms with Gasteiger partial charge in [-0.2, -0.15) is 0 Å². The summed E-state index contributed by atoms with van der Waals surface area (Å²) in [6.07, 6.45) is 8.43. The van der Waals surface area contributed by atoms with Gasteiger partial charge in [-0.25, -0.2) is 4.98 Å². The van der Waals surface area contributed by atoms with E-state index in [1.807, 2.05) is 36.4 Å². The number of rotatable bonds is 3. The van der Waals surface area contributed by atoms with Gasteiger partial charge in [-0.3, -0.25) is 4.98 Å². The lowest BCUT2D eigenvalue weighted by molar-refractivity contribution is 0.555. The Hall–Kier alpha value is -2.82. The van der Waals surface area contributed by atoms with Gasteiger partial charge in [0, 0.05) is 18.5 Å². The smallest absolute Gasteiger partial charge is 0.268 e. The van der Waals surface area contributed by atoms with Crippen molar-refractivity contribution in [2.75, 3.05) is 0 Å². The second kappa shape index (κ2) is 5.22. The predicted molar refractivity (Wildman–Crippen MR) is 70.7 cm³/mol. The Kier molecular flexibility index (Phi) is 3.10. The summed E-state index contributed by atoms with van der Waals surface area (Å²) in [6, 6.07) is 9.90. The summed E-state index contributed by atoms with van der Waals surface area (Å²) in [5.41, 5.74) is 1.64. The molecule has 0 atom stereocenters. The van der Waals surface area contributed by atoms with E-state index in [-0.39, 0.29) is 0 Å². The van der Waals surface area contributed by atoms with Gasteiger partial charge < -0.3 is 4.42 Å². The van der Waals surface area contributed by atoms with Crippen LogP contribution in [0, 0.1) is 0 Å². The molecule has 2 aromatic heterocycles. The molecule has 3 aromatic rings. The highest BCUT2D eigenvalue weighted by molar-refractivity contribution is 5.66. The molecule has 5 heteroatoms. The van der Waals surface area contributed by atoms with E-state index < -0.39 is 0 Å². The van der Waals surface area contributed by atoms with Crippen LogP contribution in [0.15, 0.2) is 53.3 Å². The zero-order chi connectivity index (χ0) is 12.9. The highest BCUT2D eigenvalue weighted by atomic mass is 16.4. The zero-order valence-corrected chi connectivity index (χ0v) is 9.97. The van der Waals surface area contributed by atoms with Crippen LogP contribution in [-0.4, -0.2) is 20.2 Å². The fourth-order valence-electron chi connectivity index (χ4n) is 1.55. The molecule has 0 aliphatic heterocycles. The first kappa shape index (κ1) is 11.3. The fraction of sp³-hybridized carbons (Fsp3) is 0. The van der Waals surface area contributed by atoms with Crippen molar-refractivity contribution in [3.8, 4) is 11.6 Å². The maximum atomic E-state index is 5.48. The molecular formula is C14H10N4O. The highest BCUT2D eigenvalue weighted by Crippen LogP contribution is 2.14. The van der Waals surface area contributed by atoms with Gasteiger partial charge in [0.1, 0.15) is 5.69 Å². The lowest BCUT2D eigenvalue weighted by Gasteiger charge is -1.90. The first-order valence-electron chi connectivity index (χ1n) is 5.75. The Morgan fingerprint density at radius 2 is 1.84 bits per heavy atom. The molecule has 5 nitrogen and oxygen atoms in total. The average molecular weight is 250 g/mol. The Labute approximate surface area is 109 Å². The largest absolute Gasteiger partial charge is 0.415 e. The molecule has 0 unspecified atom stereocenters. The Bertz CT molecular complexity index is 677. The van der Waals surface area contributed by atoms with E-state index >= 15 is 0 Å². The summed E-state index contributed by atoms with van der Waals surface area (Å²) in [5, 5.41) is 7.86. The summed E-state index contributed by atoms with van der Waals surface area (Å²) in [4.78, 5) is 8.05. The summed E-state index contributed by atoms with van der Waals surface area (Å²) < 4.78 is 5.48. The first-order valence-corrected chi connectivity index (χ1v) is 5.75. The maximum Gasteiger partial charge on any atom is 0.268 e. The predicted octanol–water partition coefficient (Wildman–Crippen LogP) is 2.70. The Balaban J connectivity index is 1.81. The molecule has 0 aliphatic carbocycles. The summed E-state index contributed by atoms with van der Waals surface area (Å²) in [6.45, 7) is 0. The van der Waals surface area contributed by atoms with Crippen molar-refractivity contribution in [2.45, 2.75) is 0 Å². The summed E-state index contributed by atoms with van der Waals surface area (Å²) >= 11 is 0. The lowest BCUT2D eigenvalue weighted by atomic mass is 10.2. The SMILES string of the molecule is C(=Cc1nnc(-c2cnccn2)o1)c1ccccc1. The van der Waals surface area contributed by atoms with Gasteiger partial charge in [-0.05, 0) is 11.6 Å². The van der Waals surface area contributed by atoms with Crippen LogP contribution in [0.25, 0.3) is 23.7 Å². The monoisotopic (exact) mass is 250 g/mol. The minimum Gasteiger partial charge on any atom is -0.415 e. The van der Waals surface area contributed by atoms with Crippen LogP contribution in [0.1, 0.15) is 11.5 Å². The number of hydrogen-bond acceptors (Lipinski definition) is 5. The molecule has 0 aliphatic rings.